The summed E-state index contributed by atoms with van der Waals surface area (Å²) in [5.74, 6) is 0.635. The number of anilines is 1. The van der Waals surface area contributed by atoms with Gasteiger partial charge in [0.25, 0.3) is 5.91 Å². The average Bonchev–Trinajstić information content (AvgIpc) is 3.26. The number of hydrogen-bond donors (Lipinski definition) is 1. The first-order valence-electron chi connectivity index (χ1n) is 9.10. The van der Waals surface area contributed by atoms with Crippen LogP contribution in [0.2, 0.25) is 0 Å². The minimum atomic E-state index is -0.191. The second-order valence-electron chi connectivity index (χ2n) is 6.80. The Hall–Kier alpha value is -3.60. The van der Waals surface area contributed by atoms with Crippen molar-refractivity contribution in [3.05, 3.63) is 84.3 Å². The van der Waals surface area contributed by atoms with Crippen LogP contribution in [0.15, 0.2) is 77.4 Å². The highest BCUT2D eigenvalue weighted by molar-refractivity contribution is 5.99. The number of hydrogen-bond acceptors (Lipinski definition) is 4. The minimum Gasteiger partial charge on any atom is -0.464 e. The molecule has 5 heteroatoms. The number of fused-ring (bicyclic) bond motifs is 1. The van der Waals surface area contributed by atoms with Crippen molar-refractivity contribution >= 4 is 22.5 Å². The predicted octanol–water partition coefficient (Wildman–Crippen LogP) is 4.49. The van der Waals surface area contributed by atoms with E-state index in [0.717, 1.165) is 33.5 Å². The van der Waals surface area contributed by atoms with Crippen LogP contribution in [0.4, 0.5) is 5.69 Å². The van der Waals surface area contributed by atoms with Gasteiger partial charge in [0.15, 0.2) is 0 Å². The largest absolute Gasteiger partial charge is 0.464 e. The van der Waals surface area contributed by atoms with Crippen LogP contribution in [0, 0.1) is 0 Å². The molecule has 0 aliphatic carbocycles. The molecule has 0 radical (unpaired) electrons. The zero-order valence-corrected chi connectivity index (χ0v) is 15.8. The molecule has 0 saturated carbocycles. The summed E-state index contributed by atoms with van der Waals surface area (Å²) in [5.41, 5.74) is 4.21. The van der Waals surface area contributed by atoms with Crippen LogP contribution >= 0.6 is 0 Å². The van der Waals surface area contributed by atoms with Crippen molar-refractivity contribution in [1.82, 2.24) is 10.3 Å². The molecule has 28 heavy (non-hydrogen) atoms. The van der Waals surface area contributed by atoms with Gasteiger partial charge in [-0.1, -0.05) is 42.5 Å². The lowest BCUT2D eigenvalue weighted by atomic mass is 10.1. The van der Waals surface area contributed by atoms with Gasteiger partial charge in [0, 0.05) is 37.3 Å². The highest BCUT2D eigenvalue weighted by Crippen LogP contribution is 2.25. The van der Waals surface area contributed by atoms with Gasteiger partial charge in [-0.15, -0.1) is 0 Å². The van der Waals surface area contributed by atoms with Gasteiger partial charge in [0.05, 0.1) is 11.8 Å². The molecule has 5 nitrogen and oxygen atoms in total. The van der Waals surface area contributed by atoms with E-state index in [0.29, 0.717) is 12.2 Å². The lowest BCUT2D eigenvalue weighted by molar-refractivity contribution is 0.0946. The molecule has 2 heterocycles. The number of para-hydroxylation sites is 1. The first-order valence-corrected chi connectivity index (χ1v) is 9.10. The van der Waals surface area contributed by atoms with Crippen molar-refractivity contribution in [2.45, 2.75) is 6.54 Å². The second kappa shape index (κ2) is 7.56. The number of aromatic nitrogens is 1. The van der Waals surface area contributed by atoms with Crippen molar-refractivity contribution in [3.8, 4) is 11.3 Å². The summed E-state index contributed by atoms with van der Waals surface area (Å²) in [7, 11) is 3.92. The van der Waals surface area contributed by atoms with E-state index in [4.69, 9.17) is 4.42 Å². The van der Waals surface area contributed by atoms with Crippen LogP contribution in [0.5, 0.6) is 0 Å². The van der Waals surface area contributed by atoms with Crippen LogP contribution in [0.1, 0.15) is 16.1 Å². The van der Waals surface area contributed by atoms with Gasteiger partial charge in [-0.2, -0.15) is 0 Å². The number of pyridine rings is 1. The van der Waals surface area contributed by atoms with E-state index in [2.05, 4.69) is 10.3 Å². The van der Waals surface area contributed by atoms with E-state index in [1.807, 2.05) is 85.7 Å². The molecule has 0 bridgehead atoms. The van der Waals surface area contributed by atoms with Gasteiger partial charge in [-0.25, -0.2) is 4.98 Å². The lowest BCUT2D eigenvalue weighted by Crippen LogP contribution is -2.24. The molecule has 0 fully saturated rings. The Kier molecular flexibility index (Phi) is 4.81. The normalized spacial score (nSPS) is 10.8. The number of nitrogens with zero attached hydrogens (tertiary/aromatic N) is 2. The molecular weight excluding hydrogens is 350 g/mol. The summed E-state index contributed by atoms with van der Waals surface area (Å²) in [6.07, 6.45) is 1.65. The molecule has 0 aliphatic heterocycles. The lowest BCUT2D eigenvalue weighted by Gasteiger charge is -2.16. The third kappa shape index (κ3) is 3.60. The molecular formula is C23H21N3O2. The summed E-state index contributed by atoms with van der Waals surface area (Å²) in [6, 6.07) is 21.4. The smallest absolute Gasteiger partial charge is 0.270 e. The number of benzene rings is 2. The third-order valence-corrected chi connectivity index (χ3v) is 4.62. The van der Waals surface area contributed by atoms with Crippen molar-refractivity contribution < 1.29 is 9.21 Å². The maximum atomic E-state index is 12.7. The first-order chi connectivity index (χ1) is 13.6. The van der Waals surface area contributed by atoms with Gasteiger partial charge in [0.2, 0.25) is 0 Å². The quantitative estimate of drug-likeness (QED) is 0.561. The Morgan fingerprint density at radius 2 is 1.82 bits per heavy atom. The molecule has 1 amide bonds. The summed E-state index contributed by atoms with van der Waals surface area (Å²) in [4.78, 5) is 19.2. The van der Waals surface area contributed by atoms with Crippen LogP contribution in [0.3, 0.4) is 0 Å². The van der Waals surface area contributed by atoms with E-state index in [-0.39, 0.29) is 5.91 Å². The summed E-state index contributed by atoms with van der Waals surface area (Å²) in [6.45, 7) is 0.434. The number of nitrogens with one attached hydrogen (secondary N) is 1. The fourth-order valence-corrected chi connectivity index (χ4v) is 3.15. The van der Waals surface area contributed by atoms with Crippen LogP contribution in [0.25, 0.3) is 22.2 Å². The van der Waals surface area contributed by atoms with Crippen molar-refractivity contribution in [2.75, 3.05) is 19.0 Å². The van der Waals surface area contributed by atoms with E-state index in [1.165, 1.54) is 0 Å². The zero-order chi connectivity index (χ0) is 19.5. The molecule has 1 N–H and O–H groups in total. The Morgan fingerprint density at radius 1 is 1.04 bits per heavy atom. The molecule has 0 aliphatic rings. The molecule has 0 saturated heterocycles. The second-order valence-corrected chi connectivity index (χ2v) is 6.80. The first kappa shape index (κ1) is 17.8. The standard InChI is InChI=1S/C23H21N3O2/c1-26(2)21-14-20(25-19-7-4-3-6-18(19)21)23(27)24-15-16-9-11-17(12-10-16)22-8-5-13-28-22/h3-14H,15H2,1-2H3,(H,24,27). The number of carbonyl (C=O) groups excluding carboxylic acids is 1. The Bertz CT molecular complexity index is 1100. The summed E-state index contributed by atoms with van der Waals surface area (Å²) >= 11 is 0. The third-order valence-electron chi connectivity index (χ3n) is 4.62. The van der Waals surface area contributed by atoms with E-state index in [9.17, 15) is 4.79 Å². The minimum absolute atomic E-state index is 0.191. The number of amides is 1. The fourth-order valence-electron chi connectivity index (χ4n) is 3.15. The van der Waals surface area contributed by atoms with E-state index in [1.54, 1.807) is 6.26 Å². The topological polar surface area (TPSA) is 58.4 Å². The van der Waals surface area contributed by atoms with Gasteiger partial charge >= 0.3 is 0 Å². The van der Waals surface area contributed by atoms with Crippen molar-refractivity contribution in [1.29, 1.82) is 0 Å². The SMILES string of the molecule is CN(C)c1cc(C(=O)NCc2ccc(-c3ccco3)cc2)nc2ccccc12. The van der Waals surface area contributed by atoms with Gasteiger partial charge < -0.3 is 14.6 Å². The molecule has 0 spiro atoms. The van der Waals surface area contributed by atoms with Gasteiger partial charge in [-0.05, 0) is 29.8 Å². The zero-order valence-electron chi connectivity index (χ0n) is 15.8. The van der Waals surface area contributed by atoms with Crippen LogP contribution < -0.4 is 10.2 Å². The maximum Gasteiger partial charge on any atom is 0.270 e. The molecule has 0 atom stereocenters. The molecule has 0 unspecified atom stereocenters. The molecule has 4 aromatic rings. The Morgan fingerprint density at radius 3 is 2.54 bits per heavy atom. The number of carbonyl (C=O) groups is 1. The maximum absolute atomic E-state index is 12.7. The van der Waals surface area contributed by atoms with Gasteiger partial charge in [0.1, 0.15) is 11.5 Å². The van der Waals surface area contributed by atoms with Crippen LogP contribution in [-0.2, 0) is 6.54 Å². The van der Waals surface area contributed by atoms with Crippen molar-refractivity contribution in [3.63, 3.8) is 0 Å². The Balaban J connectivity index is 1.51. The van der Waals surface area contributed by atoms with E-state index < -0.39 is 0 Å². The van der Waals surface area contributed by atoms with Crippen molar-refractivity contribution in [2.24, 2.45) is 0 Å². The number of rotatable bonds is 5. The molecule has 4 rings (SSSR count). The molecule has 140 valence electrons. The average molecular weight is 371 g/mol. The predicted molar refractivity (Wildman–Crippen MR) is 111 cm³/mol. The van der Waals surface area contributed by atoms with Crippen LogP contribution in [-0.4, -0.2) is 25.0 Å². The number of furan rings is 1. The molecule has 2 aromatic carbocycles. The van der Waals surface area contributed by atoms with E-state index >= 15 is 0 Å². The van der Waals surface area contributed by atoms with Gasteiger partial charge in [-0.3, -0.25) is 4.79 Å². The molecule has 2 aromatic heterocycles. The Labute approximate surface area is 163 Å². The fraction of sp³-hybridized carbons (Fsp3) is 0.130. The highest BCUT2D eigenvalue weighted by atomic mass is 16.3. The monoisotopic (exact) mass is 371 g/mol. The summed E-state index contributed by atoms with van der Waals surface area (Å²) in [5, 5.41) is 3.98. The summed E-state index contributed by atoms with van der Waals surface area (Å²) < 4.78 is 5.40. The highest BCUT2D eigenvalue weighted by Gasteiger charge is 2.13.